The first-order chi connectivity index (χ1) is 9.75. The molecule has 5 nitrogen and oxygen atoms in total. The van der Waals surface area contributed by atoms with Crippen LogP contribution in [0.25, 0.3) is 0 Å². The quantitative estimate of drug-likeness (QED) is 0.914. The zero-order chi connectivity index (χ0) is 15.6. The number of nitrogen functional groups attached to an aromatic ring is 1. The number of rotatable bonds is 3. The van der Waals surface area contributed by atoms with Gasteiger partial charge in [-0.2, -0.15) is 18.3 Å². The topological polar surface area (TPSA) is 72.9 Å². The first kappa shape index (κ1) is 15.2. The van der Waals surface area contributed by atoms with Gasteiger partial charge in [-0.25, -0.2) is 0 Å². The summed E-state index contributed by atoms with van der Waals surface area (Å²) in [6.07, 6.45) is -1.66. The van der Waals surface area contributed by atoms with Gasteiger partial charge in [0, 0.05) is 6.20 Å². The van der Waals surface area contributed by atoms with Gasteiger partial charge in [-0.05, 0) is 18.2 Å². The molecule has 0 saturated heterocycles. The molecular weight excluding hydrogens is 309 g/mol. The number of alkyl halides is 3. The summed E-state index contributed by atoms with van der Waals surface area (Å²) in [5.41, 5.74) is 5.05. The van der Waals surface area contributed by atoms with E-state index in [9.17, 15) is 18.0 Å². The summed E-state index contributed by atoms with van der Waals surface area (Å²) < 4.78 is 38.7. The molecule has 1 amide bonds. The molecule has 2 rings (SSSR count). The number of nitrogens with one attached hydrogen (secondary N) is 1. The van der Waals surface area contributed by atoms with Gasteiger partial charge in [-0.1, -0.05) is 11.6 Å². The Morgan fingerprint density at radius 2 is 2.14 bits per heavy atom. The number of aromatic nitrogens is 2. The molecule has 0 radical (unpaired) electrons. The zero-order valence-electron chi connectivity index (χ0n) is 10.5. The van der Waals surface area contributed by atoms with E-state index >= 15 is 0 Å². The molecule has 0 unspecified atom stereocenters. The van der Waals surface area contributed by atoms with E-state index in [1.165, 1.54) is 17.1 Å². The van der Waals surface area contributed by atoms with Crippen LogP contribution in [0.3, 0.4) is 0 Å². The molecule has 0 bridgehead atoms. The van der Waals surface area contributed by atoms with Gasteiger partial charge in [0.25, 0.3) is 0 Å². The van der Waals surface area contributed by atoms with Crippen LogP contribution in [0.5, 0.6) is 0 Å². The predicted octanol–water partition coefficient (Wildman–Crippen LogP) is 2.78. The third-order valence-electron chi connectivity index (χ3n) is 2.53. The SMILES string of the molecule is Nc1cnn(CC(=O)Nc2ccc(C(F)(F)F)cc2Cl)c1. The zero-order valence-corrected chi connectivity index (χ0v) is 11.2. The van der Waals surface area contributed by atoms with Crippen LogP contribution in [0, 0.1) is 0 Å². The molecule has 3 N–H and O–H groups in total. The second-order valence-electron chi connectivity index (χ2n) is 4.21. The van der Waals surface area contributed by atoms with Crippen molar-refractivity contribution >= 4 is 28.9 Å². The molecule has 0 aliphatic rings. The molecule has 0 fully saturated rings. The third kappa shape index (κ3) is 3.88. The molecular formula is C12H10ClF3N4O. The highest BCUT2D eigenvalue weighted by Gasteiger charge is 2.30. The monoisotopic (exact) mass is 318 g/mol. The van der Waals surface area contributed by atoms with Gasteiger partial charge in [0.15, 0.2) is 0 Å². The van der Waals surface area contributed by atoms with E-state index in [0.29, 0.717) is 5.69 Å². The molecule has 1 heterocycles. The van der Waals surface area contributed by atoms with E-state index in [4.69, 9.17) is 17.3 Å². The lowest BCUT2D eigenvalue weighted by Gasteiger charge is -2.11. The summed E-state index contributed by atoms with van der Waals surface area (Å²) in [7, 11) is 0. The lowest BCUT2D eigenvalue weighted by Crippen LogP contribution is -2.19. The Hall–Kier alpha value is -2.22. The van der Waals surface area contributed by atoms with Crippen LogP contribution in [0.15, 0.2) is 30.6 Å². The molecule has 0 saturated carbocycles. The van der Waals surface area contributed by atoms with Gasteiger partial charge in [-0.3, -0.25) is 9.48 Å². The number of hydrogen-bond acceptors (Lipinski definition) is 3. The summed E-state index contributed by atoms with van der Waals surface area (Å²) in [5.74, 6) is -0.486. The van der Waals surface area contributed by atoms with Crippen molar-refractivity contribution in [3.63, 3.8) is 0 Å². The molecule has 0 aliphatic heterocycles. The average Bonchev–Trinajstić information content (AvgIpc) is 2.76. The minimum atomic E-state index is -4.49. The van der Waals surface area contributed by atoms with E-state index in [1.54, 1.807) is 0 Å². The maximum atomic E-state index is 12.5. The van der Waals surface area contributed by atoms with E-state index in [2.05, 4.69) is 10.4 Å². The van der Waals surface area contributed by atoms with Crippen molar-refractivity contribution in [3.05, 3.63) is 41.2 Å². The van der Waals surface area contributed by atoms with Crippen LogP contribution in [-0.2, 0) is 17.5 Å². The number of nitrogens with two attached hydrogens (primary N) is 1. The maximum Gasteiger partial charge on any atom is 0.416 e. The second-order valence-corrected chi connectivity index (χ2v) is 4.62. The fraction of sp³-hybridized carbons (Fsp3) is 0.167. The highest BCUT2D eigenvalue weighted by atomic mass is 35.5. The van der Waals surface area contributed by atoms with Crippen molar-refractivity contribution < 1.29 is 18.0 Å². The van der Waals surface area contributed by atoms with Gasteiger partial charge >= 0.3 is 6.18 Å². The number of anilines is 2. The first-order valence-corrected chi connectivity index (χ1v) is 6.08. The Kier molecular flexibility index (Phi) is 4.08. The van der Waals surface area contributed by atoms with E-state index < -0.39 is 17.6 Å². The molecule has 1 aromatic carbocycles. The van der Waals surface area contributed by atoms with E-state index in [-0.39, 0.29) is 17.3 Å². The van der Waals surface area contributed by atoms with E-state index in [0.717, 1.165) is 18.2 Å². The number of nitrogens with zero attached hydrogens (tertiary/aromatic N) is 2. The molecule has 9 heteroatoms. The molecule has 112 valence electrons. The highest BCUT2D eigenvalue weighted by molar-refractivity contribution is 6.33. The first-order valence-electron chi connectivity index (χ1n) is 5.70. The smallest absolute Gasteiger partial charge is 0.396 e. The summed E-state index contributed by atoms with van der Waals surface area (Å²) in [6, 6.07) is 2.69. The fourth-order valence-electron chi connectivity index (χ4n) is 1.60. The summed E-state index contributed by atoms with van der Waals surface area (Å²) >= 11 is 5.73. The number of hydrogen-bond donors (Lipinski definition) is 2. The number of carbonyl (C=O) groups excluding carboxylic acids is 1. The van der Waals surface area contributed by atoms with E-state index in [1.807, 2.05) is 0 Å². The van der Waals surface area contributed by atoms with Crippen molar-refractivity contribution in [1.29, 1.82) is 0 Å². The van der Waals surface area contributed by atoms with Gasteiger partial charge in [0.05, 0.1) is 28.2 Å². The summed E-state index contributed by atoms with van der Waals surface area (Å²) in [5, 5.41) is 6.03. The lowest BCUT2D eigenvalue weighted by molar-refractivity contribution is -0.137. The minimum absolute atomic E-state index is 0.0924. The molecule has 0 spiro atoms. The van der Waals surface area contributed by atoms with Crippen molar-refractivity contribution in [2.75, 3.05) is 11.1 Å². The summed E-state index contributed by atoms with van der Waals surface area (Å²) in [4.78, 5) is 11.7. The number of benzene rings is 1. The number of amides is 1. The predicted molar refractivity (Wildman–Crippen MR) is 71.7 cm³/mol. The van der Waals surface area contributed by atoms with Crippen LogP contribution in [0.2, 0.25) is 5.02 Å². The largest absolute Gasteiger partial charge is 0.416 e. The Bertz CT molecular complexity index is 669. The number of carbonyl (C=O) groups is 1. The van der Waals surface area contributed by atoms with Crippen molar-refractivity contribution in [2.24, 2.45) is 0 Å². The third-order valence-corrected chi connectivity index (χ3v) is 2.84. The molecule has 2 aromatic rings. The van der Waals surface area contributed by atoms with Crippen LogP contribution >= 0.6 is 11.6 Å². The van der Waals surface area contributed by atoms with Gasteiger partial charge < -0.3 is 11.1 Å². The second kappa shape index (κ2) is 5.65. The minimum Gasteiger partial charge on any atom is -0.396 e. The number of halogens is 4. The van der Waals surface area contributed by atoms with Crippen LogP contribution in [-0.4, -0.2) is 15.7 Å². The van der Waals surface area contributed by atoms with Gasteiger partial charge in [0.2, 0.25) is 5.91 Å². The van der Waals surface area contributed by atoms with Crippen LogP contribution in [0.4, 0.5) is 24.5 Å². The molecule has 0 atom stereocenters. The standard InChI is InChI=1S/C12H10ClF3N4O/c13-9-3-7(12(14,15)16)1-2-10(9)19-11(21)6-20-5-8(17)4-18-20/h1-5H,6,17H2,(H,19,21). The maximum absolute atomic E-state index is 12.5. The van der Waals surface area contributed by atoms with Gasteiger partial charge in [-0.15, -0.1) is 0 Å². The highest BCUT2D eigenvalue weighted by Crippen LogP contribution is 2.33. The lowest BCUT2D eigenvalue weighted by atomic mass is 10.2. The summed E-state index contributed by atoms with van der Waals surface area (Å²) in [6.45, 7) is -0.130. The Morgan fingerprint density at radius 1 is 1.43 bits per heavy atom. The average molecular weight is 319 g/mol. The Balaban J connectivity index is 2.07. The van der Waals surface area contributed by atoms with Crippen molar-refractivity contribution in [2.45, 2.75) is 12.7 Å². The molecule has 21 heavy (non-hydrogen) atoms. The Labute approximate surface area is 122 Å². The van der Waals surface area contributed by atoms with Crippen molar-refractivity contribution in [3.8, 4) is 0 Å². The molecule has 0 aliphatic carbocycles. The van der Waals surface area contributed by atoms with Crippen LogP contribution < -0.4 is 11.1 Å². The fourth-order valence-corrected chi connectivity index (χ4v) is 1.82. The molecule has 1 aromatic heterocycles. The van der Waals surface area contributed by atoms with Crippen molar-refractivity contribution in [1.82, 2.24) is 9.78 Å². The normalized spacial score (nSPS) is 11.4. The van der Waals surface area contributed by atoms with Crippen LogP contribution in [0.1, 0.15) is 5.56 Å². The van der Waals surface area contributed by atoms with Gasteiger partial charge in [0.1, 0.15) is 6.54 Å². The Morgan fingerprint density at radius 3 is 2.67 bits per heavy atom.